The lowest BCUT2D eigenvalue weighted by atomic mass is 9.82. The number of benzene rings is 1. The molecule has 8 heteroatoms. The molecule has 1 heterocycles. The van der Waals surface area contributed by atoms with Gasteiger partial charge < -0.3 is 15.4 Å². The fourth-order valence-electron chi connectivity index (χ4n) is 3.36. The van der Waals surface area contributed by atoms with E-state index in [2.05, 4.69) is 33.2 Å². The Morgan fingerprint density at radius 2 is 1.80 bits per heavy atom. The summed E-state index contributed by atoms with van der Waals surface area (Å²) in [5.74, 6) is -0.188. The van der Waals surface area contributed by atoms with Gasteiger partial charge in [-0.25, -0.2) is 4.79 Å². The molecule has 3 amide bonds. The Balaban J connectivity index is 1.95. The molecular formula is C22H32IN3O4. The minimum atomic E-state index is -0.614. The minimum Gasteiger partial charge on any atom is -0.444 e. The number of carbonyl (C=O) groups excluding carboxylic acids is 3. The number of carbonyl (C=O) groups is 3. The molecule has 1 fully saturated rings. The quantitative estimate of drug-likeness (QED) is 0.399. The molecule has 1 saturated heterocycles. The highest BCUT2D eigenvalue weighted by Gasteiger charge is 2.48. The highest BCUT2D eigenvalue weighted by Crippen LogP contribution is 2.35. The van der Waals surface area contributed by atoms with E-state index in [0.717, 1.165) is 28.4 Å². The van der Waals surface area contributed by atoms with E-state index in [1.807, 2.05) is 45.0 Å². The third-order valence-electron chi connectivity index (χ3n) is 4.96. The van der Waals surface area contributed by atoms with Gasteiger partial charge in [0.1, 0.15) is 11.6 Å². The van der Waals surface area contributed by atoms with Crippen LogP contribution in [0, 0.1) is 3.57 Å². The number of ether oxygens (including phenoxy) is 1. The second-order valence-electron chi connectivity index (χ2n) is 8.51. The number of hydrogen-bond donors (Lipinski definition) is 2. The van der Waals surface area contributed by atoms with Crippen molar-refractivity contribution in [3.63, 3.8) is 0 Å². The van der Waals surface area contributed by atoms with E-state index in [1.54, 1.807) is 7.05 Å². The first-order chi connectivity index (χ1) is 14.1. The average molecular weight is 529 g/mol. The predicted octanol–water partition coefficient (Wildman–Crippen LogP) is 3.42. The van der Waals surface area contributed by atoms with Crippen molar-refractivity contribution in [1.82, 2.24) is 15.5 Å². The maximum atomic E-state index is 12.9. The fraction of sp³-hybridized carbons (Fsp3) is 0.591. The fourth-order valence-corrected chi connectivity index (χ4v) is 3.72. The largest absolute Gasteiger partial charge is 0.444 e. The highest BCUT2D eigenvalue weighted by molar-refractivity contribution is 14.1. The Morgan fingerprint density at radius 1 is 1.13 bits per heavy atom. The van der Waals surface area contributed by atoms with Gasteiger partial charge in [-0.05, 0) is 73.9 Å². The van der Waals surface area contributed by atoms with Crippen LogP contribution < -0.4 is 10.6 Å². The van der Waals surface area contributed by atoms with Crippen molar-refractivity contribution < 1.29 is 19.1 Å². The lowest BCUT2D eigenvalue weighted by Crippen LogP contribution is -2.64. The normalized spacial score (nSPS) is 18.4. The van der Waals surface area contributed by atoms with Crippen molar-refractivity contribution >= 4 is 40.5 Å². The Labute approximate surface area is 192 Å². The van der Waals surface area contributed by atoms with Crippen molar-refractivity contribution in [2.45, 2.75) is 64.0 Å². The number of rotatable bonds is 8. The summed E-state index contributed by atoms with van der Waals surface area (Å²) in [6.45, 7) is 6.42. The Morgan fingerprint density at radius 3 is 2.40 bits per heavy atom. The van der Waals surface area contributed by atoms with Gasteiger partial charge in [0.25, 0.3) is 0 Å². The summed E-state index contributed by atoms with van der Waals surface area (Å²) in [7, 11) is 1.63. The Hall–Kier alpha value is -1.84. The van der Waals surface area contributed by atoms with E-state index < -0.39 is 17.7 Å². The number of likely N-dealkylation sites (tertiary alicyclic amines) is 1. The maximum absolute atomic E-state index is 12.9. The first kappa shape index (κ1) is 24.4. The van der Waals surface area contributed by atoms with Gasteiger partial charge in [0.05, 0.1) is 0 Å². The second-order valence-corrected chi connectivity index (χ2v) is 9.76. The average Bonchev–Trinajstić information content (AvgIpc) is 2.63. The zero-order valence-corrected chi connectivity index (χ0v) is 20.3. The number of halogens is 1. The first-order valence-corrected chi connectivity index (χ1v) is 11.4. The van der Waals surface area contributed by atoms with Crippen LogP contribution in [0.15, 0.2) is 24.3 Å². The van der Waals surface area contributed by atoms with E-state index in [9.17, 15) is 14.4 Å². The standard InChI is InChI=1S/C22H32IN3O4/c1-22(2,3)30-21(29)26-14-17(15-9-11-16(23)12-10-15)19(26)20(28)25-13-7-5-6-8-18(27)24-4/h9-12,17,19H,5-8,13-14H2,1-4H3,(H,24,27)(H,25,28)/t17-,19+/m1/s1. The molecule has 0 aromatic heterocycles. The summed E-state index contributed by atoms with van der Waals surface area (Å²) in [5.41, 5.74) is 0.428. The molecule has 1 aromatic carbocycles. The molecule has 2 N–H and O–H groups in total. The minimum absolute atomic E-state index is 0.0295. The molecule has 0 unspecified atom stereocenters. The van der Waals surface area contributed by atoms with Crippen molar-refractivity contribution in [3.8, 4) is 0 Å². The molecule has 1 aliphatic rings. The van der Waals surface area contributed by atoms with E-state index in [4.69, 9.17) is 4.74 Å². The summed E-state index contributed by atoms with van der Waals surface area (Å²) in [5, 5.41) is 5.56. The van der Waals surface area contributed by atoms with Gasteiger partial charge in [0.15, 0.2) is 0 Å². The zero-order valence-electron chi connectivity index (χ0n) is 18.2. The molecule has 0 aliphatic carbocycles. The topological polar surface area (TPSA) is 87.7 Å². The summed E-state index contributed by atoms with van der Waals surface area (Å²) in [4.78, 5) is 38.3. The van der Waals surface area contributed by atoms with Gasteiger partial charge in [0.2, 0.25) is 11.8 Å². The molecule has 0 saturated carbocycles. The molecule has 0 radical (unpaired) electrons. The predicted molar refractivity (Wildman–Crippen MR) is 124 cm³/mol. The lowest BCUT2D eigenvalue weighted by molar-refractivity contribution is -0.132. The third kappa shape index (κ3) is 7.14. The van der Waals surface area contributed by atoms with Crippen molar-refractivity contribution in [1.29, 1.82) is 0 Å². The van der Waals surface area contributed by atoms with Gasteiger partial charge in [-0.2, -0.15) is 0 Å². The molecule has 166 valence electrons. The molecule has 0 bridgehead atoms. The maximum Gasteiger partial charge on any atom is 0.411 e. The van der Waals surface area contributed by atoms with E-state index in [1.165, 1.54) is 4.90 Å². The first-order valence-electron chi connectivity index (χ1n) is 10.4. The molecule has 7 nitrogen and oxygen atoms in total. The monoisotopic (exact) mass is 529 g/mol. The highest BCUT2D eigenvalue weighted by atomic mass is 127. The number of unbranched alkanes of at least 4 members (excludes halogenated alkanes) is 2. The van der Waals surface area contributed by atoms with Crippen LogP contribution in [-0.4, -0.2) is 54.6 Å². The molecule has 30 heavy (non-hydrogen) atoms. The summed E-state index contributed by atoms with van der Waals surface area (Å²) < 4.78 is 6.61. The SMILES string of the molecule is CNC(=O)CCCCCNC(=O)[C@@H]1[C@@H](c2ccc(I)cc2)CN1C(=O)OC(C)(C)C. The van der Waals surface area contributed by atoms with Crippen molar-refractivity contribution in [3.05, 3.63) is 33.4 Å². The van der Waals surface area contributed by atoms with Gasteiger partial charge in [-0.15, -0.1) is 0 Å². The van der Waals surface area contributed by atoms with E-state index in [0.29, 0.717) is 19.5 Å². The molecular weight excluding hydrogens is 497 g/mol. The van der Waals surface area contributed by atoms with Crippen LogP contribution in [0.1, 0.15) is 57.9 Å². The summed E-state index contributed by atoms with van der Waals surface area (Å²) in [6, 6.07) is 7.46. The van der Waals surface area contributed by atoms with Gasteiger partial charge in [-0.3, -0.25) is 14.5 Å². The van der Waals surface area contributed by atoms with E-state index >= 15 is 0 Å². The molecule has 0 spiro atoms. The van der Waals surface area contributed by atoms with E-state index in [-0.39, 0.29) is 17.7 Å². The van der Waals surface area contributed by atoms with Crippen molar-refractivity contribution in [2.24, 2.45) is 0 Å². The number of nitrogens with zero attached hydrogens (tertiary/aromatic N) is 1. The van der Waals surface area contributed by atoms with Gasteiger partial charge in [-0.1, -0.05) is 18.6 Å². The molecule has 2 rings (SSSR count). The van der Waals surface area contributed by atoms with Gasteiger partial charge in [0, 0.05) is 36.0 Å². The zero-order chi connectivity index (χ0) is 22.3. The molecule has 1 aromatic rings. The van der Waals surface area contributed by atoms with Crippen LogP contribution >= 0.6 is 22.6 Å². The van der Waals surface area contributed by atoms with Crippen molar-refractivity contribution in [2.75, 3.05) is 20.1 Å². The van der Waals surface area contributed by atoms with Crippen LogP contribution in [0.5, 0.6) is 0 Å². The van der Waals surface area contributed by atoms with Crippen LogP contribution in [0.4, 0.5) is 4.79 Å². The summed E-state index contributed by atoms with van der Waals surface area (Å²) >= 11 is 2.24. The molecule has 1 aliphatic heterocycles. The van der Waals surface area contributed by atoms with Gasteiger partial charge >= 0.3 is 6.09 Å². The third-order valence-corrected chi connectivity index (χ3v) is 5.68. The van der Waals surface area contributed by atoms with Crippen LogP contribution in [0.3, 0.4) is 0 Å². The number of nitrogens with one attached hydrogen (secondary N) is 2. The van der Waals surface area contributed by atoms with Crippen LogP contribution in [0.25, 0.3) is 0 Å². The Bertz CT molecular complexity index is 746. The Kier molecular flexibility index (Phi) is 8.93. The smallest absolute Gasteiger partial charge is 0.411 e. The lowest BCUT2D eigenvalue weighted by Gasteiger charge is -2.47. The second kappa shape index (κ2) is 11.0. The number of hydrogen-bond acceptors (Lipinski definition) is 4. The van der Waals surface area contributed by atoms with Crippen LogP contribution in [-0.2, 0) is 14.3 Å². The van der Waals surface area contributed by atoms with Crippen LogP contribution in [0.2, 0.25) is 0 Å². The molecule has 2 atom stereocenters. The summed E-state index contributed by atoms with van der Waals surface area (Å²) in [6.07, 6.45) is 2.46. The number of amides is 3.